The van der Waals surface area contributed by atoms with Crippen LogP contribution in [-0.2, 0) is 12.8 Å². The predicted molar refractivity (Wildman–Crippen MR) is 75.7 cm³/mol. The van der Waals surface area contributed by atoms with E-state index in [1.807, 2.05) is 4.90 Å². The van der Waals surface area contributed by atoms with Crippen LogP contribution < -0.4 is 4.90 Å². The SMILES string of the molecule is CCCc1nnc(N2C[C@@H](Cc3cnccn3)[C@H](O)C2)o1. The van der Waals surface area contributed by atoms with Gasteiger partial charge in [0.1, 0.15) is 0 Å². The van der Waals surface area contributed by atoms with Gasteiger partial charge >= 0.3 is 6.01 Å². The number of aromatic nitrogens is 4. The van der Waals surface area contributed by atoms with Crippen molar-refractivity contribution >= 4 is 6.01 Å². The molecule has 0 saturated carbocycles. The van der Waals surface area contributed by atoms with E-state index in [1.165, 1.54) is 0 Å². The van der Waals surface area contributed by atoms with Gasteiger partial charge in [-0.25, -0.2) is 0 Å². The summed E-state index contributed by atoms with van der Waals surface area (Å²) in [6.45, 7) is 3.27. The highest BCUT2D eigenvalue weighted by Gasteiger charge is 2.34. The van der Waals surface area contributed by atoms with Crippen molar-refractivity contribution in [2.75, 3.05) is 18.0 Å². The Bertz CT molecular complexity index is 574. The van der Waals surface area contributed by atoms with Gasteiger partial charge in [-0.05, 0) is 12.8 Å². The van der Waals surface area contributed by atoms with Gasteiger partial charge in [-0.3, -0.25) is 9.97 Å². The van der Waals surface area contributed by atoms with Crippen LogP contribution in [0.5, 0.6) is 0 Å². The Hall–Kier alpha value is -2.02. The third-order valence-electron chi connectivity index (χ3n) is 3.69. The molecule has 3 heterocycles. The third kappa shape index (κ3) is 3.18. The summed E-state index contributed by atoms with van der Waals surface area (Å²) in [5.41, 5.74) is 0.889. The van der Waals surface area contributed by atoms with E-state index in [2.05, 4.69) is 27.1 Å². The van der Waals surface area contributed by atoms with E-state index < -0.39 is 6.10 Å². The minimum Gasteiger partial charge on any atom is -0.408 e. The molecule has 2 aromatic heterocycles. The van der Waals surface area contributed by atoms with E-state index in [4.69, 9.17) is 4.42 Å². The molecular weight excluding hydrogens is 270 g/mol. The second kappa shape index (κ2) is 6.17. The highest BCUT2D eigenvalue weighted by molar-refractivity contribution is 5.28. The van der Waals surface area contributed by atoms with Crippen LogP contribution in [0.2, 0.25) is 0 Å². The van der Waals surface area contributed by atoms with Crippen molar-refractivity contribution in [2.45, 2.75) is 32.3 Å². The molecule has 2 aromatic rings. The van der Waals surface area contributed by atoms with Gasteiger partial charge in [0.05, 0.1) is 11.8 Å². The molecular formula is C14H19N5O2. The van der Waals surface area contributed by atoms with Crippen LogP contribution in [0, 0.1) is 5.92 Å². The fourth-order valence-corrected chi connectivity index (χ4v) is 2.60. The first-order valence-corrected chi connectivity index (χ1v) is 7.26. The summed E-state index contributed by atoms with van der Waals surface area (Å²) < 4.78 is 5.62. The second-order valence-electron chi connectivity index (χ2n) is 5.36. The molecule has 0 aromatic carbocycles. The molecule has 0 radical (unpaired) electrons. The van der Waals surface area contributed by atoms with E-state index in [9.17, 15) is 5.11 Å². The fourth-order valence-electron chi connectivity index (χ4n) is 2.60. The number of aryl methyl sites for hydroxylation is 1. The Morgan fingerprint density at radius 3 is 3.00 bits per heavy atom. The topological polar surface area (TPSA) is 88.2 Å². The molecule has 7 heteroatoms. The number of anilines is 1. The van der Waals surface area contributed by atoms with Crippen molar-refractivity contribution in [1.82, 2.24) is 20.2 Å². The number of β-amino-alcohol motifs (C(OH)–C–C–N with tert-alkyl or cyclic N) is 1. The van der Waals surface area contributed by atoms with Gasteiger partial charge in [-0.1, -0.05) is 12.0 Å². The largest absolute Gasteiger partial charge is 0.408 e. The number of aliphatic hydroxyl groups is 1. The number of aliphatic hydroxyl groups excluding tert-OH is 1. The molecule has 1 aliphatic heterocycles. The molecule has 1 saturated heterocycles. The Labute approximate surface area is 123 Å². The number of nitrogens with zero attached hydrogens (tertiary/aromatic N) is 5. The van der Waals surface area contributed by atoms with Crippen LogP contribution in [0.1, 0.15) is 24.9 Å². The Morgan fingerprint density at radius 2 is 2.24 bits per heavy atom. The van der Waals surface area contributed by atoms with Crippen molar-refractivity contribution in [3.05, 3.63) is 30.2 Å². The highest BCUT2D eigenvalue weighted by atomic mass is 16.4. The molecule has 1 fully saturated rings. The molecule has 0 aliphatic carbocycles. The van der Waals surface area contributed by atoms with E-state index in [-0.39, 0.29) is 5.92 Å². The zero-order valence-corrected chi connectivity index (χ0v) is 12.0. The van der Waals surface area contributed by atoms with Crippen LogP contribution in [0.15, 0.2) is 23.0 Å². The lowest BCUT2D eigenvalue weighted by Crippen LogP contribution is -2.21. The maximum Gasteiger partial charge on any atom is 0.318 e. The molecule has 112 valence electrons. The summed E-state index contributed by atoms with van der Waals surface area (Å²) in [6, 6.07) is 0.499. The van der Waals surface area contributed by atoms with E-state index in [1.54, 1.807) is 18.6 Å². The summed E-state index contributed by atoms with van der Waals surface area (Å²) in [7, 11) is 0. The Balaban J connectivity index is 1.65. The third-order valence-corrected chi connectivity index (χ3v) is 3.69. The molecule has 1 aliphatic rings. The molecule has 0 amide bonds. The zero-order chi connectivity index (χ0) is 14.7. The quantitative estimate of drug-likeness (QED) is 0.873. The normalized spacial score (nSPS) is 21.9. The van der Waals surface area contributed by atoms with Gasteiger partial charge in [0, 0.05) is 44.0 Å². The molecule has 0 bridgehead atoms. The Morgan fingerprint density at radius 1 is 1.33 bits per heavy atom. The van der Waals surface area contributed by atoms with Crippen LogP contribution in [0.25, 0.3) is 0 Å². The van der Waals surface area contributed by atoms with Crippen molar-refractivity contribution in [3.8, 4) is 0 Å². The first-order valence-electron chi connectivity index (χ1n) is 7.26. The van der Waals surface area contributed by atoms with Crippen molar-refractivity contribution in [3.63, 3.8) is 0 Å². The van der Waals surface area contributed by atoms with Crippen LogP contribution >= 0.6 is 0 Å². The molecule has 0 unspecified atom stereocenters. The summed E-state index contributed by atoms with van der Waals surface area (Å²) in [4.78, 5) is 10.3. The van der Waals surface area contributed by atoms with Gasteiger partial charge in [-0.2, -0.15) is 0 Å². The van der Waals surface area contributed by atoms with Crippen molar-refractivity contribution in [2.24, 2.45) is 5.92 Å². The zero-order valence-electron chi connectivity index (χ0n) is 12.0. The lowest BCUT2D eigenvalue weighted by molar-refractivity contribution is 0.147. The molecule has 1 N–H and O–H groups in total. The van der Waals surface area contributed by atoms with Gasteiger partial charge in [0.15, 0.2) is 0 Å². The number of hydrogen-bond acceptors (Lipinski definition) is 7. The summed E-state index contributed by atoms with van der Waals surface area (Å²) in [5.74, 6) is 0.752. The number of rotatable bonds is 5. The smallest absolute Gasteiger partial charge is 0.318 e. The summed E-state index contributed by atoms with van der Waals surface area (Å²) in [5, 5.41) is 18.3. The van der Waals surface area contributed by atoms with Gasteiger partial charge in [-0.15, -0.1) is 5.10 Å². The maximum absolute atomic E-state index is 10.2. The van der Waals surface area contributed by atoms with Gasteiger partial charge < -0.3 is 14.4 Å². The predicted octanol–water partition coefficient (Wildman–Crippen LogP) is 0.852. The van der Waals surface area contributed by atoms with Gasteiger partial charge in [0.25, 0.3) is 0 Å². The highest BCUT2D eigenvalue weighted by Crippen LogP contribution is 2.25. The molecule has 2 atom stereocenters. The second-order valence-corrected chi connectivity index (χ2v) is 5.36. The molecule has 7 nitrogen and oxygen atoms in total. The van der Waals surface area contributed by atoms with Crippen LogP contribution in [-0.4, -0.2) is 44.5 Å². The fraction of sp³-hybridized carbons (Fsp3) is 0.571. The first-order chi connectivity index (χ1) is 10.3. The lowest BCUT2D eigenvalue weighted by Gasteiger charge is -2.12. The van der Waals surface area contributed by atoms with Crippen LogP contribution in [0.3, 0.4) is 0 Å². The molecule has 0 spiro atoms. The standard InChI is InChI=1S/C14H19N5O2/c1-2-3-13-17-18-14(21-13)19-8-10(12(20)9-19)6-11-7-15-4-5-16-11/h4-5,7,10,12,20H,2-3,6,8-9H2,1H3/t10-,12-/m1/s1. The maximum atomic E-state index is 10.2. The molecule has 3 rings (SSSR count). The Kier molecular flexibility index (Phi) is 4.10. The van der Waals surface area contributed by atoms with Crippen molar-refractivity contribution in [1.29, 1.82) is 0 Å². The average Bonchev–Trinajstić information content (AvgIpc) is 3.08. The lowest BCUT2D eigenvalue weighted by atomic mass is 10.0. The number of hydrogen-bond donors (Lipinski definition) is 1. The minimum atomic E-state index is -0.423. The van der Waals surface area contributed by atoms with Gasteiger partial charge in [0.2, 0.25) is 5.89 Å². The summed E-state index contributed by atoms with van der Waals surface area (Å²) in [6.07, 6.45) is 7.08. The summed E-state index contributed by atoms with van der Waals surface area (Å²) >= 11 is 0. The monoisotopic (exact) mass is 289 g/mol. The van der Waals surface area contributed by atoms with E-state index >= 15 is 0 Å². The van der Waals surface area contributed by atoms with Crippen LogP contribution in [0.4, 0.5) is 6.01 Å². The van der Waals surface area contributed by atoms with E-state index in [0.29, 0.717) is 31.4 Å². The minimum absolute atomic E-state index is 0.100. The molecule has 21 heavy (non-hydrogen) atoms. The van der Waals surface area contributed by atoms with Crippen molar-refractivity contribution < 1.29 is 9.52 Å². The average molecular weight is 289 g/mol. The first kappa shape index (κ1) is 13.9. The van der Waals surface area contributed by atoms with E-state index in [0.717, 1.165) is 18.5 Å².